The van der Waals surface area contributed by atoms with Crippen LogP contribution in [-0.4, -0.2) is 50.4 Å². The molecule has 1 N–H and O–H groups in total. The summed E-state index contributed by atoms with van der Waals surface area (Å²) >= 11 is 3.37. The van der Waals surface area contributed by atoms with Crippen LogP contribution in [0.25, 0.3) is 0 Å². The Morgan fingerprint density at radius 3 is 2.02 bits per heavy atom. The van der Waals surface area contributed by atoms with E-state index in [4.69, 9.17) is 4.74 Å². The van der Waals surface area contributed by atoms with Crippen molar-refractivity contribution in [2.24, 2.45) is 0 Å². The Morgan fingerprint density at radius 1 is 0.952 bits per heavy atom. The van der Waals surface area contributed by atoms with Crippen LogP contribution in [0.2, 0.25) is 0 Å². The van der Waals surface area contributed by atoms with Crippen molar-refractivity contribution < 1.29 is 22.7 Å². The van der Waals surface area contributed by atoms with E-state index >= 15 is 0 Å². The zero-order valence-corrected chi connectivity index (χ0v) is 27.7. The van der Waals surface area contributed by atoms with E-state index in [1.54, 1.807) is 30.3 Å². The fourth-order valence-electron chi connectivity index (χ4n) is 4.44. The van der Waals surface area contributed by atoms with Crippen molar-refractivity contribution in [3.63, 3.8) is 0 Å². The van der Waals surface area contributed by atoms with Gasteiger partial charge in [-0.05, 0) is 92.9 Å². The molecular weight excluding hydrogens is 618 g/mol. The average Bonchev–Trinajstić information content (AvgIpc) is 2.92. The number of carbonyl (C=O) groups excluding carboxylic acids is 2. The van der Waals surface area contributed by atoms with Gasteiger partial charge in [-0.15, -0.1) is 0 Å². The van der Waals surface area contributed by atoms with Gasteiger partial charge < -0.3 is 15.0 Å². The highest BCUT2D eigenvalue weighted by Crippen LogP contribution is 2.31. The molecule has 0 spiro atoms. The Labute approximate surface area is 258 Å². The summed E-state index contributed by atoms with van der Waals surface area (Å²) in [4.78, 5) is 29.1. The van der Waals surface area contributed by atoms with Crippen LogP contribution >= 0.6 is 15.9 Å². The van der Waals surface area contributed by atoms with Gasteiger partial charge in [0.1, 0.15) is 18.3 Å². The van der Waals surface area contributed by atoms with Crippen molar-refractivity contribution in [3.05, 3.63) is 87.9 Å². The second kappa shape index (κ2) is 13.7. The Morgan fingerprint density at radius 2 is 1.52 bits per heavy atom. The van der Waals surface area contributed by atoms with Crippen LogP contribution in [0.5, 0.6) is 5.75 Å². The zero-order valence-electron chi connectivity index (χ0n) is 25.3. The minimum atomic E-state index is -4.20. The molecule has 3 rings (SSSR count). The van der Waals surface area contributed by atoms with E-state index in [0.717, 1.165) is 21.0 Å². The third-order valence-corrected chi connectivity index (χ3v) is 9.06. The molecule has 1 unspecified atom stereocenters. The molecule has 0 fully saturated rings. The van der Waals surface area contributed by atoms with Crippen LogP contribution in [0.4, 0.5) is 5.69 Å². The fourth-order valence-corrected chi connectivity index (χ4v) is 6.57. The van der Waals surface area contributed by atoms with Gasteiger partial charge in [-0.1, -0.05) is 54.4 Å². The van der Waals surface area contributed by atoms with Gasteiger partial charge in [0.2, 0.25) is 11.8 Å². The van der Waals surface area contributed by atoms with Gasteiger partial charge >= 0.3 is 0 Å². The summed E-state index contributed by atoms with van der Waals surface area (Å²) in [5.41, 5.74) is 2.67. The Bertz CT molecular complexity index is 1500. The van der Waals surface area contributed by atoms with E-state index in [1.807, 2.05) is 65.8 Å². The Kier molecular flexibility index (Phi) is 10.8. The molecule has 0 aliphatic heterocycles. The summed E-state index contributed by atoms with van der Waals surface area (Å²) in [6, 6.07) is 18.3. The molecule has 3 aromatic carbocycles. The molecule has 10 heteroatoms. The molecule has 0 aliphatic rings. The van der Waals surface area contributed by atoms with E-state index in [1.165, 1.54) is 24.1 Å². The Hall–Kier alpha value is -3.37. The molecule has 2 amide bonds. The molecule has 1 atom stereocenters. The fraction of sp³-hybridized carbons (Fsp3) is 0.375. The van der Waals surface area contributed by atoms with Gasteiger partial charge in [0.15, 0.2) is 0 Å². The highest BCUT2D eigenvalue weighted by atomic mass is 79.9. The molecule has 0 aliphatic carbocycles. The summed E-state index contributed by atoms with van der Waals surface area (Å²) in [5, 5.41) is 2.98. The molecule has 8 nitrogen and oxygen atoms in total. The largest absolute Gasteiger partial charge is 0.496 e. The number of anilines is 1. The molecule has 0 saturated heterocycles. The van der Waals surface area contributed by atoms with Crippen molar-refractivity contribution in [1.29, 1.82) is 0 Å². The van der Waals surface area contributed by atoms with Crippen LogP contribution in [0.1, 0.15) is 50.8 Å². The smallest absolute Gasteiger partial charge is 0.264 e. The number of hydrogen-bond donors (Lipinski definition) is 1. The molecule has 0 bridgehead atoms. The maximum atomic E-state index is 14.2. The maximum absolute atomic E-state index is 14.2. The molecule has 0 heterocycles. The first-order valence-corrected chi connectivity index (χ1v) is 16.0. The van der Waals surface area contributed by atoms with Gasteiger partial charge in [-0.25, -0.2) is 8.42 Å². The van der Waals surface area contributed by atoms with Crippen LogP contribution in [0, 0.1) is 13.8 Å². The van der Waals surface area contributed by atoms with Gasteiger partial charge in [0.05, 0.1) is 22.2 Å². The van der Waals surface area contributed by atoms with Crippen molar-refractivity contribution in [2.75, 3.05) is 18.0 Å². The lowest BCUT2D eigenvalue weighted by Crippen LogP contribution is -2.55. The van der Waals surface area contributed by atoms with Gasteiger partial charge in [0, 0.05) is 12.1 Å². The second-order valence-electron chi connectivity index (χ2n) is 11.3. The maximum Gasteiger partial charge on any atom is 0.264 e. The molecule has 3 aromatic rings. The highest BCUT2D eigenvalue weighted by molar-refractivity contribution is 9.10. The Balaban J connectivity index is 2.09. The van der Waals surface area contributed by atoms with E-state index in [0.29, 0.717) is 22.3 Å². The lowest BCUT2D eigenvalue weighted by atomic mass is 10.1. The average molecular weight is 659 g/mol. The number of halogens is 1. The quantitative estimate of drug-likeness (QED) is 0.273. The minimum Gasteiger partial charge on any atom is -0.496 e. The number of hydrogen-bond acceptors (Lipinski definition) is 5. The summed E-state index contributed by atoms with van der Waals surface area (Å²) in [6.45, 7) is 11.0. The number of carbonyl (C=O) groups is 2. The number of methoxy groups -OCH3 is 1. The van der Waals surface area contributed by atoms with Gasteiger partial charge in [0.25, 0.3) is 10.0 Å². The molecule has 0 saturated carbocycles. The van der Waals surface area contributed by atoms with Crippen LogP contribution in [0.15, 0.2) is 76.1 Å². The monoisotopic (exact) mass is 657 g/mol. The zero-order chi connectivity index (χ0) is 31.2. The van der Waals surface area contributed by atoms with Crippen molar-refractivity contribution >= 4 is 43.5 Å². The van der Waals surface area contributed by atoms with Gasteiger partial charge in [-0.3, -0.25) is 13.9 Å². The van der Waals surface area contributed by atoms with Crippen LogP contribution in [0.3, 0.4) is 0 Å². The van der Waals surface area contributed by atoms with Gasteiger partial charge in [-0.2, -0.15) is 0 Å². The van der Waals surface area contributed by atoms with Crippen LogP contribution in [-0.2, 0) is 26.2 Å². The predicted octanol–water partition coefficient (Wildman–Crippen LogP) is 5.99. The number of sulfonamides is 1. The predicted molar refractivity (Wildman–Crippen MR) is 170 cm³/mol. The number of ether oxygens (including phenoxy) is 1. The van der Waals surface area contributed by atoms with Crippen LogP contribution < -0.4 is 14.4 Å². The minimum absolute atomic E-state index is 0.00819. The molecular formula is C32H40BrN3O5S. The number of benzene rings is 3. The molecule has 226 valence electrons. The third-order valence-electron chi connectivity index (χ3n) is 6.67. The molecule has 0 aromatic heterocycles. The molecule has 0 radical (unpaired) electrons. The normalized spacial score (nSPS) is 12.4. The van der Waals surface area contributed by atoms with E-state index < -0.39 is 34.1 Å². The number of nitrogens with one attached hydrogen (secondary N) is 1. The number of aryl methyl sites for hydroxylation is 2. The summed E-state index contributed by atoms with van der Waals surface area (Å²) in [7, 11) is -2.71. The first-order chi connectivity index (χ1) is 19.7. The summed E-state index contributed by atoms with van der Waals surface area (Å²) < 4.78 is 35.0. The first-order valence-electron chi connectivity index (χ1n) is 13.8. The topological polar surface area (TPSA) is 96.0 Å². The number of rotatable bonds is 11. The van der Waals surface area contributed by atoms with E-state index in [9.17, 15) is 18.0 Å². The lowest BCUT2D eigenvalue weighted by molar-refractivity contribution is -0.141. The summed E-state index contributed by atoms with van der Waals surface area (Å²) in [6.07, 6.45) is 0.349. The first kappa shape index (κ1) is 33.1. The third kappa shape index (κ3) is 8.35. The van der Waals surface area contributed by atoms with E-state index in [-0.39, 0.29) is 17.3 Å². The van der Waals surface area contributed by atoms with E-state index in [2.05, 4.69) is 21.2 Å². The highest BCUT2D eigenvalue weighted by Gasteiger charge is 2.34. The number of amides is 2. The van der Waals surface area contributed by atoms with Crippen molar-refractivity contribution in [1.82, 2.24) is 10.2 Å². The molecule has 42 heavy (non-hydrogen) atoms. The van der Waals surface area contributed by atoms with Crippen molar-refractivity contribution in [2.45, 2.75) is 71.0 Å². The second-order valence-corrected chi connectivity index (χ2v) is 14.0. The van der Waals surface area contributed by atoms with Crippen molar-refractivity contribution in [3.8, 4) is 5.75 Å². The SMILES string of the molecule is CCC(C(=O)NC(C)(C)C)N(Cc1ccc(C)cc1)C(=O)CN(c1ccc(C)cc1)S(=O)(=O)c1ccc(OC)c(Br)c1. The number of nitrogens with zero attached hydrogens (tertiary/aromatic N) is 2. The lowest BCUT2D eigenvalue weighted by Gasteiger charge is -2.34. The summed E-state index contributed by atoms with van der Waals surface area (Å²) in [5.74, 6) is -0.315. The standard InChI is InChI=1S/C32H40BrN3O5S/c1-8-28(31(38)34-32(4,5)6)35(20-24-13-9-22(2)10-14-24)30(37)21-36(25-15-11-23(3)12-16-25)42(39,40)26-17-18-29(41-7)27(33)19-26/h9-19,28H,8,20-21H2,1-7H3,(H,34,38).